The Kier molecular flexibility index (Phi) is 3.16. The van der Waals surface area contributed by atoms with Gasteiger partial charge in [0.15, 0.2) is 0 Å². The first-order valence-corrected chi connectivity index (χ1v) is 4.72. The Morgan fingerprint density at radius 1 is 1.91 bits per heavy atom. The first-order valence-electron chi connectivity index (χ1n) is 3.57. The lowest BCUT2D eigenvalue weighted by Crippen LogP contribution is -2.43. The summed E-state index contributed by atoms with van der Waals surface area (Å²) in [5.74, 6) is 1.33. The molecule has 1 aliphatic heterocycles. The van der Waals surface area contributed by atoms with Gasteiger partial charge >= 0.3 is 0 Å². The van der Waals surface area contributed by atoms with Crippen molar-refractivity contribution in [1.29, 1.82) is 0 Å². The quantitative estimate of drug-likeness (QED) is 0.455. The number of hydrogen-bond donors (Lipinski definition) is 2. The third-order valence-electron chi connectivity index (χ3n) is 1.57. The van der Waals surface area contributed by atoms with Gasteiger partial charge in [-0.1, -0.05) is 0 Å². The Labute approximate surface area is 69.9 Å². The van der Waals surface area contributed by atoms with Gasteiger partial charge in [0, 0.05) is 18.2 Å². The Bertz CT molecular complexity index is 148. The van der Waals surface area contributed by atoms with Crippen LogP contribution in [0.15, 0.2) is 0 Å². The molecule has 1 fully saturated rings. The highest BCUT2D eigenvalue weighted by Crippen LogP contribution is 2.10. The van der Waals surface area contributed by atoms with E-state index in [1.54, 1.807) is 18.7 Å². The second-order valence-corrected chi connectivity index (χ2v) is 3.36. The lowest BCUT2D eigenvalue weighted by atomic mass is 10.3. The molecule has 5 heteroatoms. The van der Waals surface area contributed by atoms with E-state index in [0.29, 0.717) is 6.54 Å². The normalized spacial score (nSPS) is 23.6. The lowest BCUT2D eigenvalue weighted by Gasteiger charge is -2.16. The molecule has 11 heavy (non-hydrogen) atoms. The Balaban J connectivity index is 2.39. The Morgan fingerprint density at radius 2 is 2.64 bits per heavy atom. The maximum Gasteiger partial charge on any atom is 0.263 e. The van der Waals surface area contributed by atoms with Crippen LogP contribution >= 0.6 is 11.8 Å². The van der Waals surface area contributed by atoms with E-state index in [1.807, 2.05) is 0 Å². The number of nitrogens with zero attached hydrogens (tertiary/aromatic N) is 1. The SMILES string of the molecule is CCN(O)C(=O)C1CSCN1. The van der Waals surface area contributed by atoms with Crippen LogP contribution in [0.25, 0.3) is 0 Å². The molecule has 1 heterocycles. The summed E-state index contributed by atoms with van der Waals surface area (Å²) in [5, 5.41) is 12.8. The second-order valence-electron chi connectivity index (χ2n) is 2.33. The van der Waals surface area contributed by atoms with Crippen molar-refractivity contribution in [2.45, 2.75) is 13.0 Å². The molecular formula is C6H12N2O2S. The zero-order chi connectivity index (χ0) is 8.27. The average molecular weight is 176 g/mol. The summed E-state index contributed by atoms with van der Waals surface area (Å²) in [5.41, 5.74) is 0. The van der Waals surface area contributed by atoms with Crippen LogP contribution in [-0.2, 0) is 4.79 Å². The summed E-state index contributed by atoms with van der Waals surface area (Å²) in [7, 11) is 0. The van der Waals surface area contributed by atoms with E-state index in [-0.39, 0.29) is 11.9 Å². The monoisotopic (exact) mass is 176 g/mol. The first-order chi connectivity index (χ1) is 5.25. The molecule has 0 aliphatic carbocycles. The number of hydrogen-bond acceptors (Lipinski definition) is 4. The molecule has 0 saturated carbocycles. The molecule has 1 rings (SSSR count). The standard InChI is InChI=1S/C6H12N2O2S/c1-2-8(10)6(9)5-3-11-4-7-5/h5,7,10H,2-4H2,1H3. The topological polar surface area (TPSA) is 52.6 Å². The van der Waals surface area contributed by atoms with Crippen LogP contribution in [0.4, 0.5) is 0 Å². The molecule has 1 aliphatic rings. The van der Waals surface area contributed by atoms with Gasteiger partial charge in [-0.2, -0.15) is 0 Å². The number of thioether (sulfide) groups is 1. The molecule has 0 bridgehead atoms. The highest BCUT2D eigenvalue weighted by Gasteiger charge is 2.25. The minimum Gasteiger partial charge on any atom is -0.296 e. The van der Waals surface area contributed by atoms with Gasteiger partial charge in [0.05, 0.1) is 6.04 Å². The number of rotatable bonds is 2. The smallest absolute Gasteiger partial charge is 0.263 e. The summed E-state index contributed by atoms with van der Waals surface area (Å²) in [6.07, 6.45) is 0. The van der Waals surface area contributed by atoms with Gasteiger partial charge in [-0.3, -0.25) is 15.3 Å². The van der Waals surface area contributed by atoms with Crippen LogP contribution < -0.4 is 5.32 Å². The molecule has 0 aromatic carbocycles. The summed E-state index contributed by atoms with van der Waals surface area (Å²) < 4.78 is 0. The maximum absolute atomic E-state index is 11.2. The minimum atomic E-state index is -0.225. The van der Waals surface area contributed by atoms with Gasteiger partial charge in [0.25, 0.3) is 5.91 Å². The Morgan fingerprint density at radius 3 is 3.09 bits per heavy atom. The van der Waals surface area contributed by atoms with Gasteiger partial charge in [-0.15, -0.1) is 11.8 Å². The molecular weight excluding hydrogens is 164 g/mol. The van der Waals surface area contributed by atoms with E-state index in [2.05, 4.69) is 5.32 Å². The lowest BCUT2D eigenvalue weighted by molar-refractivity contribution is -0.165. The number of hydroxylamine groups is 2. The number of likely N-dealkylation sites (N-methyl/N-ethyl adjacent to an activating group) is 1. The predicted octanol–water partition coefficient (Wildman–Crippen LogP) is -0.113. The van der Waals surface area contributed by atoms with Crippen LogP contribution in [0, 0.1) is 0 Å². The first kappa shape index (κ1) is 8.83. The van der Waals surface area contributed by atoms with E-state index in [1.165, 1.54) is 0 Å². The Hall–Kier alpha value is -0.260. The number of amides is 1. The third kappa shape index (κ3) is 2.08. The average Bonchev–Trinajstić information content (AvgIpc) is 2.53. The molecule has 1 saturated heterocycles. The fourth-order valence-electron chi connectivity index (χ4n) is 0.890. The van der Waals surface area contributed by atoms with Gasteiger partial charge in [0.1, 0.15) is 0 Å². The van der Waals surface area contributed by atoms with Gasteiger partial charge in [-0.25, -0.2) is 5.06 Å². The van der Waals surface area contributed by atoms with Crippen molar-refractivity contribution < 1.29 is 10.0 Å². The molecule has 1 unspecified atom stereocenters. The van der Waals surface area contributed by atoms with Crippen molar-refractivity contribution in [2.24, 2.45) is 0 Å². The molecule has 0 aromatic rings. The summed E-state index contributed by atoms with van der Waals surface area (Å²) in [4.78, 5) is 11.2. The van der Waals surface area contributed by atoms with Crippen molar-refractivity contribution in [1.82, 2.24) is 10.4 Å². The van der Waals surface area contributed by atoms with Crippen molar-refractivity contribution in [3.63, 3.8) is 0 Å². The number of carbonyl (C=O) groups is 1. The third-order valence-corrected chi connectivity index (χ3v) is 2.51. The zero-order valence-electron chi connectivity index (χ0n) is 6.41. The zero-order valence-corrected chi connectivity index (χ0v) is 7.23. The summed E-state index contributed by atoms with van der Waals surface area (Å²) in [6.45, 7) is 2.08. The van der Waals surface area contributed by atoms with Crippen LogP contribution in [0.3, 0.4) is 0 Å². The van der Waals surface area contributed by atoms with E-state index in [0.717, 1.165) is 16.7 Å². The number of nitrogens with one attached hydrogen (secondary N) is 1. The fraction of sp³-hybridized carbons (Fsp3) is 0.833. The molecule has 1 amide bonds. The van der Waals surface area contributed by atoms with Crippen LogP contribution in [-0.4, -0.2) is 40.4 Å². The molecule has 1 atom stereocenters. The van der Waals surface area contributed by atoms with Crippen LogP contribution in [0.1, 0.15) is 6.92 Å². The highest BCUT2D eigenvalue weighted by atomic mass is 32.2. The maximum atomic E-state index is 11.2. The van der Waals surface area contributed by atoms with E-state index < -0.39 is 0 Å². The van der Waals surface area contributed by atoms with Gasteiger partial charge in [0.2, 0.25) is 0 Å². The van der Waals surface area contributed by atoms with E-state index in [9.17, 15) is 4.79 Å². The number of carbonyl (C=O) groups excluding carboxylic acids is 1. The molecule has 0 spiro atoms. The largest absolute Gasteiger partial charge is 0.296 e. The van der Waals surface area contributed by atoms with Crippen molar-refractivity contribution in [2.75, 3.05) is 18.2 Å². The molecule has 64 valence electrons. The van der Waals surface area contributed by atoms with Gasteiger partial charge in [-0.05, 0) is 6.92 Å². The molecule has 4 nitrogen and oxygen atoms in total. The molecule has 0 aromatic heterocycles. The van der Waals surface area contributed by atoms with Crippen molar-refractivity contribution >= 4 is 17.7 Å². The van der Waals surface area contributed by atoms with E-state index >= 15 is 0 Å². The van der Waals surface area contributed by atoms with Crippen molar-refractivity contribution in [3.8, 4) is 0 Å². The van der Waals surface area contributed by atoms with Crippen molar-refractivity contribution in [3.05, 3.63) is 0 Å². The molecule has 0 radical (unpaired) electrons. The van der Waals surface area contributed by atoms with Crippen LogP contribution in [0.5, 0.6) is 0 Å². The van der Waals surface area contributed by atoms with E-state index in [4.69, 9.17) is 5.21 Å². The molecule has 2 N–H and O–H groups in total. The summed E-state index contributed by atoms with van der Waals surface area (Å²) >= 11 is 1.67. The summed E-state index contributed by atoms with van der Waals surface area (Å²) in [6, 6.07) is -0.190. The predicted molar refractivity (Wildman–Crippen MR) is 43.4 cm³/mol. The van der Waals surface area contributed by atoms with Crippen LogP contribution in [0.2, 0.25) is 0 Å². The highest BCUT2D eigenvalue weighted by molar-refractivity contribution is 7.99. The minimum absolute atomic E-state index is 0.190. The van der Waals surface area contributed by atoms with Gasteiger partial charge < -0.3 is 0 Å². The second kappa shape index (κ2) is 3.94. The fourth-order valence-corrected chi connectivity index (χ4v) is 1.82.